The first-order valence-electron chi connectivity index (χ1n) is 10.9. The van der Waals surface area contributed by atoms with Crippen molar-refractivity contribution in [3.8, 4) is 5.75 Å². The monoisotopic (exact) mass is 436 g/mol. The average Bonchev–Trinajstić information content (AvgIpc) is 3.01. The Morgan fingerprint density at radius 3 is 2.41 bits per heavy atom. The third-order valence-electron chi connectivity index (χ3n) is 5.48. The van der Waals surface area contributed by atoms with Crippen LogP contribution in [0.3, 0.4) is 0 Å². The highest BCUT2D eigenvalue weighted by Gasteiger charge is 2.45. The Bertz CT molecular complexity index is 1010. The van der Waals surface area contributed by atoms with Crippen LogP contribution in [0, 0.1) is 12.8 Å². The summed E-state index contributed by atoms with van der Waals surface area (Å²) in [6.07, 6.45) is 0. The van der Waals surface area contributed by atoms with E-state index >= 15 is 0 Å². The number of benzene rings is 2. The molecule has 0 saturated carbocycles. The van der Waals surface area contributed by atoms with E-state index in [4.69, 9.17) is 4.74 Å². The molecular formula is C26H32N2O4. The van der Waals surface area contributed by atoms with Crippen molar-refractivity contribution in [3.05, 3.63) is 70.8 Å². The molecule has 32 heavy (non-hydrogen) atoms. The molecule has 3 rings (SSSR count). The number of hydrogen-bond donors (Lipinski definition) is 1. The van der Waals surface area contributed by atoms with Crippen molar-refractivity contribution >= 4 is 17.4 Å². The Morgan fingerprint density at radius 1 is 1.12 bits per heavy atom. The smallest absolute Gasteiger partial charge is 0.295 e. The maximum Gasteiger partial charge on any atom is 0.295 e. The van der Waals surface area contributed by atoms with Gasteiger partial charge >= 0.3 is 0 Å². The molecule has 6 heteroatoms. The van der Waals surface area contributed by atoms with E-state index in [0.717, 1.165) is 11.1 Å². The Balaban J connectivity index is 2.06. The van der Waals surface area contributed by atoms with Crippen LogP contribution < -0.4 is 4.74 Å². The van der Waals surface area contributed by atoms with E-state index in [1.54, 1.807) is 17.0 Å². The number of aliphatic hydroxyl groups is 1. The van der Waals surface area contributed by atoms with Gasteiger partial charge in [0.2, 0.25) is 0 Å². The van der Waals surface area contributed by atoms with E-state index in [-0.39, 0.29) is 11.3 Å². The van der Waals surface area contributed by atoms with Gasteiger partial charge in [-0.2, -0.15) is 0 Å². The van der Waals surface area contributed by atoms with Gasteiger partial charge in [-0.15, -0.1) is 0 Å². The Hall–Kier alpha value is -3.12. The molecule has 1 aliphatic heterocycles. The van der Waals surface area contributed by atoms with Crippen molar-refractivity contribution in [3.63, 3.8) is 0 Å². The van der Waals surface area contributed by atoms with Gasteiger partial charge in [0.05, 0.1) is 18.2 Å². The number of ketones is 1. The molecule has 1 amide bonds. The molecule has 0 spiro atoms. The quantitative estimate of drug-likeness (QED) is 0.385. The molecule has 2 aromatic carbocycles. The molecule has 1 fully saturated rings. The zero-order valence-electron chi connectivity index (χ0n) is 19.5. The number of likely N-dealkylation sites (tertiary alicyclic amines) is 1. The number of amides is 1. The maximum atomic E-state index is 13.1. The number of nitrogens with zero attached hydrogens (tertiary/aromatic N) is 2. The number of carbonyl (C=O) groups excluding carboxylic acids is 2. The van der Waals surface area contributed by atoms with Crippen LogP contribution in [-0.2, 0) is 9.59 Å². The first kappa shape index (κ1) is 23.5. The Kier molecular flexibility index (Phi) is 7.36. The second-order valence-electron chi connectivity index (χ2n) is 8.89. The summed E-state index contributed by atoms with van der Waals surface area (Å²) in [5.74, 6) is -0.296. The molecule has 0 aliphatic carbocycles. The Morgan fingerprint density at radius 2 is 1.81 bits per heavy atom. The van der Waals surface area contributed by atoms with Gasteiger partial charge in [-0.1, -0.05) is 44.2 Å². The number of rotatable bonds is 8. The van der Waals surface area contributed by atoms with Crippen molar-refractivity contribution in [2.45, 2.75) is 26.8 Å². The first-order valence-corrected chi connectivity index (χ1v) is 10.9. The van der Waals surface area contributed by atoms with Crippen molar-refractivity contribution < 1.29 is 19.4 Å². The van der Waals surface area contributed by atoms with Crippen LogP contribution >= 0.6 is 0 Å². The summed E-state index contributed by atoms with van der Waals surface area (Å²) in [7, 11) is 3.83. The minimum atomic E-state index is -0.658. The van der Waals surface area contributed by atoms with Gasteiger partial charge in [0.1, 0.15) is 11.5 Å². The van der Waals surface area contributed by atoms with Crippen molar-refractivity contribution in [2.75, 3.05) is 33.8 Å². The third kappa shape index (κ3) is 5.02. The molecule has 0 radical (unpaired) electrons. The number of hydrogen-bond acceptors (Lipinski definition) is 5. The van der Waals surface area contributed by atoms with E-state index in [2.05, 4.69) is 13.8 Å². The molecule has 170 valence electrons. The lowest BCUT2D eigenvalue weighted by atomic mass is 9.94. The lowest BCUT2D eigenvalue weighted by molar-refractivity contribution is -0.140. The number of likely N-dealkylation sites (N-methyl/N-ethyl adjacent to an activating group) is 1. The van der Waals surface area contributed by atoms with Gasteiger partial charge < -0.3 is 19.6 Å². The number of aliphatic hydroxyl groups excluding tert-OH is 1. The summed E-state index contributed by atoms with van der Waals surface area (Å²) >= 11 is 0. The van der Waals surface area contributed by atoms with Gasteiger partial charge in [0.25, 0.3) is 11.7 Å². The molecule has 1 unspecified atom stereocenters. The number of carbonyl (C=O) groups is 2. The molecule has 1 aliphatic rings. The lowest BCUT2D eigenvalue weighted by Crippen LogP contribution is -2.35. The normalized spacial score (nSPS) is 18.1. The maximum absolute atomic E-state index is 13.1. The van der Waals surface area contributed by atoms with Crippen molar-refractivity contribution in [2.24, 2.45) is 5.92 Å². The summed E-state index contributed by atoms with van der Waals surface area (Å²) in [5, 5.41) is 11.3. The summed E-state index contributed by atoms with van der Waals surface area (Å²) in [4.78, 5) is 29.5. The van der Waals surface area contributed by atoms with Crippen molar-refractivity contribution in [1.82, 2.24) is 9.80 Å². The molecule has 0 bridgehead atoms. The van der Waals surface area contributed by atoms with Gasteiger partial charge in [0, 0.05) is 18.7 Å². The first-order chi connectivity index (χ1) is 15.2. The van der Waals surface area contributed by atoms with Gasteiger partial charge in [0.15, 0.2) is 0 Å². The van der Waals surface area contributed by atoms with E-state index in [1.807, 2.05) is 62.3 Å². The van der Waals surface area contributed by atoms with Crippen LogP contribution in [0.25, 0.3) is 5.76 Å². The summed E-state index contributed by atoms with van der Waals surface area (Å²) in [5.41, 5.74) is 2.21. The molecule has 2 aromatic rings. The molecule has 1 atom stereocenters. The average molecular weight is 437 g/mol. The molecule has 1 N–H and O–H groups in total. The number of ether oxygens (including phenoxy) is 1. The highest BCUT2D eigenvalue weighted by molar-refractivity contribution is 6.46. The standard InChI is InChI=1S/C26H32N2O4/c1-17(2)16-32-20-11-12-21(18(3)15-20)24(29)22-23(19-9-7-6-8-10-19)28(14-13-27(4)5)26(31)25(22)30/h6-12,15,17,23,29H,13-14,16H2,1-5H3/b24-22+. The molecule has 0 aromatic heterocycles. The minimum Gasteiger partial charge on any atom is -0.507 e. The van der Waals surface area contributed by atoms with E-state index < -0.39 is 17.7 Å². The predicted molar refractivity (Wildman–Crippen MR) is 126 cm³/mol. The fourth-order valence-electron chi connectivity index (χ4n) is 3.80. The number of aryl methyl sites for hydroxylation is 1. The largest absolute Gasteiger partial charge is 0.507 e. The van der Waals surface area contributed by atoms with Crippen LogP contribution in [0.4, 0.5) is 0 Å². The Labute approximate surface area is 190 Å². The van der Waals surface area contributed by atoms with Crippen LogP contribution in [0.2, 0.25) is 0 Å². The minimum absolute atomic E-state index is 0.124. The third-order valence-corrected chi connectivity index (χ3v) is 5.48. The molecule has 1 saturated heterocycles. The zero-order chi connectivity index (χ0) is 23.4. The number of Topliss-reactive ketones (excluding diaryl/α,β-unsaturated/α-hetero) is 1. The molecular weight excluding hydrogens is 404 g/mol. The van der Waals surface area contributed by atoms with Crippen LogP contribution in [0.15, 0.2) is 54.1 Å². The lowest BCUT2D eigenvalue weighted by Gasteiger charge is -2.26. The topological polar surface area (TPSA) is 70.1 Å². The van der Waals surface area contributed by atoms with Crippen LogP contribution in [-0.4, -0.2) is 60.4 Å². The van der Waals surface area contributed by atoms with E-state index in [9.17, 15) is 14.7 Å². The second kappa shape index (κ2) is 10.0. The van der Waals surface area contributed by atoms with E-state index in [1.165, 1.54) is 0 Å². The molecule has 1 heterocycles. The second-order valence-corrected chi connectivity index (χ2v) is 8.89. The summed E-state index contributed by atoms with van der Waals surface area (Å²) in [6.45, 7) is 7.59. The fraction of sp³-hybridized carbons (Fsp3) is 0.385. The summed E-state index contributed by atoms with van der Waals surface area (Å²) < 4.78 is 5.78. The molecule has 6 nitrogen and oxygen atoms in total. The van der Waals surface area contributed by atoms with Crippen LogP contribution in [0.1, 0.15) is 36.6 Å². The van der Waals surface area contributed by atoms with Crippen molar-refractivity contribution in [1.29, 1.82) is 0 Å². The van der Waals surface area contributed by atoms with Gasteiger partial charge in [-0.3, -0.25) is 9.59 Å². The highest BCUT2D eigenvalue weighted by Crippen LogP contribution is 2.40. The SMILES string of the molecule is Cc1cc(OCC(C)C)ccc1/C(O)=C1\C(=O)C(=O)N(CCN(C)C)C1c1ccccc1. The van der Waals surface area contributed by atoms with Gasteiger partial charge in [-0.05, 0) is 56.3 Å². The van der Waals surface area contributed by atoms with Crippen LogP contribution in [0.5, 0.6) is 5.75 Å². The predicted octanol–water partition coefficient (Wildman–Crippen LogP) is 4.01. The van der Waals surface area contributed by atoms with Gasteiger partial charge in [-0.25, -0.2) is 0 Å². The highest BCUT2D eigenvalue weighted by atomic mass is 16.5. The summed E-state index contributed by atoms with van der Waals surface area (Å²) in [6, 6.07) is 14.1. The zero-order valence-corrected chi connectivity index (χ0v) is 19.5. The van der Waals surface area contributed by atoms with E-state index in [0.29, 0.717) is 36.9 Å². The fourth-order valence-corrected chi connectivity index (χ4v) is 3.80.